The van der Waals surface area contributed by atoms with Crippen LogP contribution in [0.4, 0.5) is 11.4 Å². The second kappa shape index (κ2) is 10.3. The third-order valence-corrected chi connectivity index (χ3v) is 4.68. The Kier molecular flexibility index (Phi) is 7.29. The highest BCUT2D eigenvalue weighted by Crippen LogP contribution is 2.21. The Hall–Kier alpha value is -3.02. The summed E-state index contributed by atoms with van der Waals surface area (Å²) in [5, 5.41) is 5.36. The average Bonchev–Trinajstić information content (AvgIpc) is 3.02. The molecule has 0 radical (unpaired) electrons. The SMILES string of the molecule is O=C(COc1ccccc1)NCC(=O)Nc1ccc(N2CCCCCC2)cc1. The first-order chi connectivity index (χ1) is 13.7. The van der Waals surface area contributed by atoms with Gasteiger partial charge in [-0.05, 0) is 49.2 Å². The maximum absolute atomic E-state index is 12.0. The summed E-state index contributed by atoms with van der Waals surface area (Å²) >= 11 is 0. The number of nitrogens with zero attached hydrogens (tertiary/aromatic N) is 1. The van der Waals surface area contributed by atoms with E-state index in [1.165, 1.54) is 31.4 Å². The first-order valence-corrected chi connectivity index (χ1v) is 9.80. The molecule has 6 nitrogen and oxygen atoms in total. The van der Waals surface area contributed by atoms with Crippen LogP contribution in [-0.2, 0) is 9.59 Å². The lowest BCUT2D eigenvalue weighted by molar-refractivity contribution is -0.125. The lowest BCUT2D eigenvalue weighted by atomic mass is 10.2. The molecule has 0 aromatic heterocycles. The maximum atomic E-state index is 12.0. The van der Waals surface area contributed by atoms with Crippen LogP contribution in [0.3, 0.4) is 0 Å². The smallest absolute Gasteiger partial charge is 0.258 e. The number of para-hydroxylation sites is 1. The van der Waals surface area contributed by atoms with E-state index >= 15 is 0 Å². The summed E-state index contributed by atoms with van der Waals surface area (Å²) in [6, 6.07) is 17.0. The first-order valence-electron chi connectivity index (χ1n) is 9.80. The number of rotatable bonds is 7. The van der Waals surface area contributed by atoms with Gasteiger partial charge in [-0.25, -0.2) is 0 Å². The number of amides is 2. The van der Waals surface area contributed by atoms with Crippen LogP contribution < -0.4 is 20.3 Å². The molecule has 6 heteroatoms. The molecular formula is C22H27N3O3. The first kappa shape index (κ1) is 19.7. The highest BCUT2D eigenvalue weighted by molar-refractivity contribution is 5.94. The van der Waals surface area contributed by atoms with Crippen LogP contribution in [0, 0.1) is 0 Å². The highest BCUT2D eigenvalue weighted by Gasteiger charge is 2.10. The lowest BCUT2D eigenvalue weighted by Gasteiger charge is -2.22. The molecule has 0 saturated carbocycles. The Labute approximate surface area is 165 Å². The Bertz CT molecular complexity index is 754. The van der Waals surface area contributed by atoms with Crippen molar-refractivity contribution in [3.63, 3.8) is 0 Å². The zero-order valence-electron chi connectivity index (χ0n) is 16.0. The molecule has 1 saturated heterocycles. The summed E-state index contributed by atoms with van der Waals surface area (Å²) in [4.78, 5) is 26.2. The Morgan fingerprint density at radius 3 is 2.21 bits per heavy atom. The average molecular weight is 381 g/mol. The van der Waals surface area contributed by atoms with Gasteiger partial charge < -0.3 is 20.3 Å². The third-order valence-electron chi connectivity index (χ3n) is 4.68. The van der Waals surface area contributed by atoms with Crippen molar-refractivity contribution in [3.05, 3.63) is 54.6 Å². The second-order valence-electron chi connectivity index (χ2n) is 6.87. The Balaban J connectivity index is 1.39. The summed E-state index contributed by atoms with van der Waals surface area (Å²) in [5.41, 5.74) is 1.91. The van der Waals surface area contributed by atoms with E-state index in [1.807, 2.05) is 42.5 Å². The summed E-state index contributed by atoms with van der Waals surface area (Å²) in [6.45, 7) is 1.96. The van der Waals surface area contributed by atoms with E-state index < -0.39 is 0 Å². The van der Waals surface area contributed by atoms with E-state index in [4.69, 9.17) is 4.74 Å². The highest BCUT2D eigenvalue weighted by atomic mass is 16.5. The third kappa shape index (κ3) is 6.30. The number of nitrogens with one attached hydrogen (secondary N) is 2. The van der Waals surface area contributed by atoms with Gasteiger partial charge >= 0.3 is 0 Å². The Morgan fingerprint density at radius 2 is 1.54 bits per heavy atom. The van der Waals surface area contributed by atoms with Gasteiger partial charge in [-0.15, -0.1) is 0 Å². The molecule has 2 N–H and O–H groups in total. The number of ether oxygens (including phenoxy) is 1. The second-order valence-corrected chi connectivity index (χ2v) is 6.87. The molecule has 2 aromatic carbocycles. The van der Waals surface area contributed by atoms with E-state index in [2.05, 4.69) is 15.5 Å². The lowest BCUT2D eigenvalue weighted by Crippen LogP contribution is -2.35. The largest absolute Gasteiger partial charge is 0.484 e. The van der Waals surface area contributed by atoms with Crippen molar-refractivity contribution in [1.29, 1.82) is 0 Å². The van der Waals surface area contributed by atoms with Gasteiger partial charge in [0.1, 0.15) is 5.75 Å². The minimum absolute atomic E-state index is 0.0924. The van der Waals surface area contributed by atoms with Gasteiger partial charge in [0.25, 0.3) is 5.91 Å². The van der Waals surface area contributed by atoms with Crippen LogP contribution in [-0.4, -0.2) is 38.1 Å². The maximum Gasteiger partial charge on any atom is 0.258 e. The molecule has 1 aliphatic rings. The van der Waals surface area contributed by atoms with Gasteiger partial charge in [0, 0.05) is 24.5 Å². The molecule has 3 rings (SSSR count). The quantitative estimate of drug-likeness (QED) is 0.773. The minimum atomic E-state index is -0.337. The van der Waals surface area contributed by atoms with Crippen LogP contribution in [0.25, 0.3) is 0 Å². The number of benzene rings is 2. The fourth-order valence-corrected chi connectivity index (χ4v) is 3.19. The fraction of sp³-hybridized carbons (Fsp3) is 0.364. The van der Waals surface area contributed by atoms with E-state index in [9.17, 15) is 9.59 Å². The normalized spacial score (nSPS) is 14.1. The molecule has 0 unspecified atom stereocenters. The van der Waals surface area contributed by atoms with Crippen LogP contribution in [0.15, 0.2) is 54.6 Å². The van der Waals surface area contributed by atoms with Crippen LogP contribution in [0.2, 0.25) is 0 Å². The van der Waals surface area contributed by atoms with Gasteiger partial charge in [0.05, 0.1) is 6.54 Å². The predicted molar refractivity (Wildman–Crippen MR) is 111 cm³/mol. The van der Waals surface area contributed by atoms with Crippen LogP contribution >= 0.6 is 0 Å². The van der Waals surface area contributed by atoms with E-state index in [-0.39, 0.29) is 25.0 Å². The monoisotopic (exact) mass is 381 g/mol. The molecule has 1 fully saturated rings. The number of carbonyl (C=O) groups is 2. The van der Waals surface area contributed by atoms with Crippen molar-refractivity contribution in [3.8, 4) is 5.75 Å². The van der Waals surface area contributed by atoms with Crippen molar-refractivity contribution in [2.45, 2.75) is 25.7 Å². The molecule has 0 bridgehead atoms. The van der Waals surface area contributed by atoms with Crippen LogP contribution in [0.1, 0.15) is 25.7 Å². The molecule has 1 heterocycles. The fourth-order valence-electron chi connectivity index (χ4n) is 3.19. The van der Waals surface area contributed by atoms with Crippen molar-refractivity contribution >= 4 is 23.2 Å². The molecule has 28 heavy (non-hydrogen) atoms. The molecule has 0 spiro atoms. The van der Waals surface area contributed by atoms with Crippen molar-refractivity contribution in [2.75, 3.05) is 36.5 Å². The van der Waals surface area contributed by atoms with Crippen molar-refractivity contribution < 1.29 is 14.3 Å². The number of hydrogen-bond donors (Lipinski definition) is 2. The summed E-state index contributed by atoms with van der Waals surface area (Å²) in [6.07, 6.45) is 5.05. The molecule has 2 aromatic rings. The van der Waals surface area contributed by atoms with Crippen LogP contribution in [0.5, 0.6) is 5.75 Å². The minimum Gasteiger partial charge on any atom is -0.484 e. The van der Waals surface area contributed by atoms with Gasteiger partial charge in [-0.1, -0.05) is 31.0 Å². The standard InChI is InChI=1S/C22H27N3O3/c26-21(16-23-22(27)17-28-20-8-4-3-5-9-20)24-18-10-12-19(13-11-18)25-14-6-1-2-7-15-25/h3-5,8-13H,1-2,6-7,14-17H2,(H,23,27)(H,24,26). The van der Waals surface area contributed by atoms with Gasteiger partial charge in [0.2, 0.25) is 5.91 Å². The van der Waals surface area contributed by atoms with Gasteiger partial charge in [-0.2, -0.15) is 0 Å². The van der Waals surface area contributed by atoms with E-state index in [0.29, 0.717) is 5.75 Å². The van der Waals surface area contributed by atoms with E-state index in [1.54, 1.807) is 12.1 Å². The number of carbonyl (C=O) groups excluding carboxylic acids is 2. The van der Waals surface area contributed by atoms with Gasteiger partial charge in [-0.3, -0.25) is 9.59 Å². The molecular weight excluding hydrogens is 354 g/mol. The summed E-state index contributed by atoms with van der Waals surface area (Å²) in [5.74, 6) is 0.0118. The molecule has 0 aliphatic carbocycles. The number of hydrogen-bond acceptors (Lipinski definition) is 4. The molecule has 1 aliphatic heterocycles. The summed E-state index contributed by atoms with van der Waals surface area (Å²) < 4.78 is 5.35. The molecule has 148 valence electrons. The summed E-state index contributed by atoms with van der Waals surface area (Å²) in [7, 11) is 0. The Morgan fingerprint density at radius 1 is 0.857 bits per heavy atom. The zero-order valence-corrected chi connectivity index (χ0v) is 16.0. The predicted octanol–water partition coefficient (Wildman–Crippen LogP) is 3.20. The molecule has 0 atom stereocenters. The van der Waals surface area contributed by atoms with E-state index in [0.717, 1.165) is 18.8 Å². The zero-order chi connectivity index (χ0) is 19.6. The molecule has 2 amide bonds. The van der Waals surface area contributed by atoms with Gasteiger partial charge in [0.15, 0.2) is 6.61 Å². The van der Waals surface area contributed by atoms with Crippen molar-refractivity contribution in [1.82, 2.24) is 5.32 Å². The van der Waals surface area contributed by atoms with Crippen molar-refractivity contribution in [2.24, 2.45) is 0 Å². The topological polar surface area (TPSA) is 70.7 Å². The number of anilines is 2.